The first-order valence-electron chi connectivity index (χ1n) is 12.2. The van der Waals surface area contributed by atoms with Gasteiger partial charge in [-0.1, -0.05) is 53.8 Å². The SMILES string of the molecule is C=CC(=O)OCCOCCI.CC(CO)CO.COC(=O)C(C)C(=O)OC.Cc1ccc(OS(=O)OCCO)cc1. The highest BCUT2D eigenvalue weighted by molar-refractivity contribution is 14.1. The number of methoxy groups -OCH3 is 2. The molecular weight excluding hydrogens is 679 g/mol. The number of aliphatic hydroxyl groups is 3. The summed E-state index contributed by atoms with van der Waals surface area (Å²) in [6.45, 7) is 9.86. The Kier molecular flexibility index (Phi) is 32.5. The minimum Gasteiger partial charge on any atom is -0.468 e. The van der Waals surface area contributed by atoms with Crippen molar-refractivity contribution in [2.45, 2.75) is 20.8 Å². The number of ether oxygens (including phenoxy) is 4. The van der Waals surface area contributed by atoms with E-state index >= 15 is 0 Å². The summed E-state index contributed by atoms with van der Waals surface area (Å²) >= 11 is 0.374. The Hall–Kier alpha value is -2.15. The van der Waals surface area contributed by atoms with E-state index in [1.807, 2.05) is 19.1 Å². The summed E-state index contributed by atoms with van der Waals surface area (Å²) in [7, 11) is 2.45. The van der Waals surface area contributed by atoms with Crippen LogP contribution in [0.15, 0.2) is 36.9 Å². The van der Waals surface area contributed by atoms with Gasteiger partial charge in [-0.25, -0.2) is 4.79 Å². The van der Waals surface area contributed by atoms with Crippen LogP contribution in [-0.4, -0.2) is 102 Å². The lowest BCUT2D eigenvalue weighted by atomic mass is 10.2. The number of benzene rings is 1. The van der Waals surface area contributed by atoms with Crippen molar-refractivity contribution in [3.8, 4) is 5.75 Å². The van der Waals surface area contributed by atoms with E-state index in [-0.39, 0.29) is 32.3 Å². The number of hydrogen-bond donors (Lipinski definition) is 3. The fourth-order valence-corrected chi connectivity index (χ4v) is 2.56. The predicted octanol–water partition coefficient (Wildman–Crippen LogP) is 1.70. The first-order chi connectivity index (χ1) is 19.5. The lowest BCUT2D eigenvalue weighted by molar-refractivity contribution is -0.157. The van der Waals surface area contributed by atoms with Gasteiger partial charge in [0.1, 0.15) is 12.4 Å². The first-order valence-corrected chi connectivity index (χ1v) is 14.7. The molecule has 1 rings (SSSR count). The Morgan fingerprint density at radius 3 is 1.88 bits per heavy atom. The van der Waals surface area contributed by atoms with Crippen molar-refractivity contribution in [3.63, 3.8) is 0 Å². The normalized spacial score (nSPS) is 10.4. The number of hydrogen-bond acceptors (Lipinski definition) is 13. The molecule has 0 bridgehead atoms. The predicted molar refractivity (Wildman–Crippen MR) is 160 cm³/mol. The van der Waals surface area contributed by atoms with Gasteiger partial charge in [-0.15, -0.1) is 0 Å². The molecule has 1 aromatic carbocycles. The number of carbonyl (C=O) groups is 3. The van der Waals surface area contributed by atoms with Crippen molar-refractivity contribution in [1.82, 2.24) is 0 Å². The molecular formula is C26H43IO13S. The minimum absolute atomic E-state index is 0.00152. The van der Waals surface area contributed by atoms with Gasteiger partial charge in [-0.05, 0) is 26.0 Å². The van der Waals surface area contributed by atoms with Crippen LogP contribution in [0.4, 0.5) is 0 Å². The van der Waals surface area contributed by atoms with E-state index in [0.29, 0.717) is 25.6 Å². The molecule has 0 fully saturated rings. The maximum atomic E-state index is 11.0. The third-order valence-electron chi connectivity index (χ3n) is 4.05. The molecule has 0 aromatic heterocycles. The summed E-state index contributed by atoms with van der Waals surface area (Å²) in [5.74, 6) is -1.85. The van der Waals surface area contributed by atoms with Crippen LogP contribution in [0.3, 0.4) is 0 Å². The lowest BCUT2D eigenvalue weighted by Crippen LogP contribution is -2.23. The number of aryl methyl sites for hydroxylation is 1. The van der Waals surface area contributed by atoms with E-state index in [4.69, 9.17) is 24.2 Å². The standard InChI is InChI=1S/C9H12O4S.C7H11IO3.C6H10O4.C4H10O2/c1-8-2-4-9(5-3-8)13-14(11)12-7-6-10;1-2-7(9)11-6-5-10-4-3-8;1-4(5(7)9-2)6(8)10-3;1-4(2-5)3-6/h2-5,10H,6-7H2,1H3;2H,1,3-6H2;4H,1-3H3;4-6H,2-3H2,1H3. The fraction of sp³-hybridized carbons (Fsp3) is 0.577. The van der Waals surface area contributed by atoms with E-state index < -0.39 is 35.2 Å². The van der Waals surface area contributed by atoms with Gasteiger partial charge in [-0.2, -0.15) is 4.21 Å². The molecule has 238 valence electrons. The highest BCUT2D eigenvalue weighted by atomic mass is 127. The molecule has 0 saturated carbocycles. The second-order valence-corrected chi connectivity index (χ2v) is 9.45. The zero-order valence-electron chi connectivity index (χ0n) is 24.1. The quantitative estimate of drug-likeness (QED) is 0.0453. The third kappa shape index (κ3) is 29.2. The smallest absolute Gasteiger partial charge is 0.360 e. The molecule has 0 aliphatic carbocycles. The zero-order valence-corrected chi connectivity index (χ0v) is 27.1. The molecule has 1 unspecified atom stereocenters. The summed E-state index contributed by atoms with van der Waals surface area (Å²) in [5.41, 5.74) is 1.10. The highest BCUT2D eigenvalue weighted by Gasteiger charge is 2.22. The van der Waals surface area contributed by atoms with Gasteiger partial charge in [0.25, 0.3) is 0 Å². The van der Waals surface area contributed by atoms with Crippen molar-refractivity contribution in [3.05, 3.63) is 42.5 Å². The second kappa shape index (κ2) is 30.8. The van der Waals surface area contributed by atoms with Crippen LogP contribution < -0.4 is 4.18 Å². The Bertz CT molecular complexity index is 817. The molecule has 1 aromatic rings. The van der Waals surface area contributed by atoms with Gasteiger partial charge in [0, 0.05) is 29.6 Å². The average molecular weight is 723 g/mol. The molecule has 3 N–H and O–H groups in total. The number of carbonyl (C=O) groups excluding carboxylic acids is 3. The molecule has 0 amide bonds. The Balaban J connectivity index is -0.000000488. The van der Waals surface area contributed by atoms with E-state index in [1.165, 1.54) is 21.1 Å². The number of alkyl halides is 1. The van der Waals surface area contributed by atoms with Gasteiger partial charge in [0.2, 0.25) is 0 Å². The Morgan fingerprint density at radius 1 is 0.951 bits per heavy atom. The van der Waals surface area contributed by atoms with Crippen LogP contribution in [0.5, 0.6) is 5.75 Å². The Morgan fingerprint density at radius 2 is 1.49 bits per heavy atom. The van der Waals surface area contributed by atoms with E-state index in [1.54, 1.807) is 19.1 Å². The van der Waals surface area contributed by atoms with E-state index in [9.17, 15) is 18.6 Å². The molecule has 0 saturated heterocycles. The minimum atomic E-state index is -1.84. The number of rotatable bonds is 15. The zero-order chi connectivity index (χ0) is 32.1. The summed E-state index contributed by atoms with van der Waals surface area (Å²) in [6.07, 6.45) is 1.14. The van der Waals surface area contributed by atoms with Crippen molar-refractivity contribution in [2.75, 3.05) is 64.9 Å². The summed E-state index contributed by atoms with van der Waals surface area (Å²) < 4.78 is 39.8. The molecule has 0 aliphatic rings. The maximum absolute atomic E-state index is 11.0. The third-order valence-corrected chi connectivity index (χ3v) is 5.18. The summed E-state index contributed by atoms with van der Waals surface area (Å²) in [4.78, 5) is 31.6. The van der Waals surface area contributed by atoms with E-state index in [0.717, 1.165) is 16.1 Å². The average Bonchev–Trinajstić information content (AvgIpc) is 3.00. The van der Waals surface area contributed by atoms with Crippen LogP contribution in [0.2, 0.25) is 0 Å². The molecule has 13 nitrogen and oxygen atoms in total. The molecule has 41 heavy (non-hydrogen) atoms. The number of aliphatic hydroxyl groups excluding tert-OH is 3. The fourth-order valence-electron chi connectivity index (χ4n) is 1.73. The van der Waals surface area contributed by atoms with Crippen molar-refractivity contribution < 1.29 is 61.2 Å². The summed E-state index contributed by atoms with van der Waals surface area (Å²) in [6, 6.07) is 7.10. The Labute approximate surface area is 258 Å². The van der Waals surface area contributed by atoms with Gasteiger partial charge >= 0.3 is 29.3 Å². The van der Waals surface area contributed by atoms with Gasteiger partial charge in [0.15, 0.2) is 5.92 Å². The largest absolute Gasteiger partial charge is 0.468 e. The molecule has 0 radical (unpaired) electrons. The van der Waals surface area contributed by atoms with Crippen LogP contribution >= 0.6 is 22.6 Å². The molecule has 0 spiro atoms. The van der Waals surface area contributed by atoms with Crippen LogP contribution in [0.1, 0.15) is 19.4 Å². The van der Waals surface area contributed by atoms with E-state index in [2.05, 4.69) is 47.6 Å². The monoisotopic (exact) mass is 722 g/mol. The van der Waals surface area contributed by atoms with Gasteiger partial charge in [0.05, 0.1) is 40.6 Å². The van der Waals surface area contributed by atoms with Crippen molar-refractivity contribution >= 4 is 51.9 Å². The highest BCUT2D eigenvalue weighted by Crippen LogP contribution is 2.12. The van der Waals surface area contributed by atoms with Crippen LogP contribution in [-0.2, 0) is 48.9 Å². The molecule has 1 atom stereocenters. The van der Waals surface area contributed by atoms with Crippen LogP contribution in [0, 0.1) is 18.8 Å². The molecule has 0 heterocycles. The van der Waals surface area contributed by atoms with Gasteiger partial charge in [-0.3, -0.25) is 13.8 Å². The van der Waals surface area contributed by atoms with Crippen LogP contribution in [0.25, 0.3) is 0 Å². The van der Waals surface area contributed by atoms with Gasteiger partial charge < -0.3 is 38.5 Å². The summed E-state index contributed by atoms with van der Waals surface area (Å²) in [5, 5.41) is 24.8. The van der Waals surface area contributed by atoms with Crippen molar-refractivity contribution in [2.24, 2.45) is 11.8 Å². The second-order valence-electron chi connectivity index (χ2n) is 7.56. The lowest BCUT2D eigenvalue weighted by Gasteiger charge is -2.04. The maximum Gasteiger partial charge on any atom is 0.360 e. The van der Waals surface area contributed by atoms with Crippen molar-refractivity contribution in [1.29, 1.82) is 0 Å². The number of halogens is 1. The first kappa shape index (κ1) is 43.3. The number of esters is 3. The molecule has 15 heteroatoms. The molecule has 0 aliphatic heterocycles. The topological polar surface area (TPSA) is 184 Å².